The van der Waals surface area contributed by atoms with Crippen molar-refractivity contribution in [3.05, 3.63) is 0 Å². The molecule has 15 heavy (non-hydrogen) atoms. The van der Waals surface area contributed by atoms with Gasteiger partial charge < -0.3 is 9.64 Å². The molecule has 2 heteroatoms. The summed E-state index contributed by atoms with van der Waals surface area (Å²) in [5.74, 6) is 0. The van der Waals surface area contributed by atoms with Gasteiger partial charge in [0, 0.05) is 13.2 Å². The van der Waals surface area contributed by atoms with Crippen LogP contribution in [0.2, 0.25) is 0 Å². The van der Waals surface area contributed by atoms with E-state index in [4.69, 9.17) is 4.74 Å². The first-order valence-electron chi connectivity index (χ1n) is 6.35. The molecule has 1 saturated carbocycles. The Morgan fingerprint density at radius 2 is 2.13 bits per heavy atom. The predicted octanol–water partition coefficient (Wildman–Crippen LogP) is 3.07. The van der Waals surface area contributed by atoms with Crippen LogP contribution in [0.25, 0.3) is 0 Å². The highest BCUT2D eigenvalue weighted by atomic mass is 16.5. The molecular formula is C13H27NO. The first kappa shape index (κ1) is 13.0. The minimum Gasteiger partial charge on any atom is -0.378 e. The second-order valence-electron chi connectivity index (χ2n) is 5.20. The summed E-state index contributed by atoms with van der Waals surface area (Å²) in [5, 5.41) is 0. The van der Waals surface area contributed by atoms with E-state index < -0.39 is 0 Å². The second-order valence-corrected chi connectivity index (χ2v) is 5.20. The van der Waals surface area contributed by atoms with Crippen molar-refractivity contribution in [3.8, 4) is 0 Å². The maximum atomic E-state index is 5.83. The molecule has 0 saturated heterocycles. The maximum absolute atomic E-state index is 5.83. The molecule has 90 valence electrons. The Balaban J connectivity index is 2.55. The Kier molecular flexibility index (Phi) is 5.07. The first-order chi connectivity index (χ1) is 7.13. The molecule has 0 N–H and O–H groups in total. The van der Waals surface area contributed by atoms with Gasteiger partial charge in [0.15, 0.2) is 0 Å². The number of unbranched alkanes of at least 4 members (excludes halogenated alkanes) is 1. The Bertz CT molecular complexity index is 181. The Hall–Kier alpha value is -0.0800. The molecule has 2 unspecified atom stereocenters. The Morgan fingerprint density at radius 1 is 1.40 bits per heavy atom. The smallest absolute Gasteiger partial charge is 0.0693 e. The van der Waals surface area contributed by atoms with Gasteiger partial charge >= 0.3 is 0 Å². The van der Waals surface area contributed by atoms with Crippen molar-refractivity contribution in [2.45, 2.75) is 63.5 Å². The van der Waals surface area contributed by atoms with E-state index in [0.29, 0.717) is 0 Å². The van der Waals surface area contributed by atoms with Gasteiger partial charge in [-0.25, -0.2) is 0 Å². The SMILES string of the molecule is CCCCC1(OC)CCCC(N(C)C)C1. The van der Waals surface area contributed by atoms with Gasteiger partial charge in [-0.1, -0.05) is 19.8 Å². The molecule has 0 amide bonds. The molecule has 0 heterocycles. The summed E-state index contributed by atoms with van der Waals surface area (Å²) >= 11 is 0. The molecule has 2 nitrogen and oxygen atoms in total. The average Bonchev–Trinajstić information content (AvgIpc) is 2.26. The van der Waals surface area contributed by atoms with Crippen LogP contribution in [-0.2, 0) is 4.74 Å². The zero-order chi connectivity index (χ0) is 11.3. The molecule has 0 spiro atoms. The monoisotopic (exact) mass is 213 g/mol. The third-order valence-corrected chi connectivity index (χ3v) is 3.93. The summed E-state index contributed by atoms with van der Waals surface area (Å²) in [7, 11) is 6.28. The molecule has 1 rings (SSSR count). The molecule has 0 aromatic rings. The van der Waals surface area contributed by atoms with Crippen LogP contribution in [0.1, 0.15) is 51.9 Å². The van der Waals surface area contributed by atoms with Crippen LogP contribution in [0, 0.1) is 0 Å². The van der Waals surface area contributed by atoms with Crippen LogP contribution in [0.5, 0.6) is 0 Å². The van der Waals surface area contributed by atoms with Crippen molar-refractivity contribution >= 4 is 0 Å². The summed E-state index contributed by atoms with van der Waals surface area (Å²) in [4.78, 5) is 2.36. The van der Waals surface area contributed by atoms with Gasteiger partial charge in [-0.05, 0) is 46.2 Å². The zero-order valence-corrected chi connectivity index (χ0v) is 10.9. The van der Waals surface area contributed by atoms with Crippen LogP contribution in [0.4, 0.5) is 0 Å². The summed E-state index contributed by atoms with van der Waals surface area (Å²) in [6.07, 6.45) is 8.95. The number of methoxy groups -OCH3 is 1. The number of hydrogen-bond acceptors (Lipinski definition) is 2. The largest absolute Gasteiger partial charge is 0.378 e. The molecule has 1 aliphatic rings. The van der Waals surface area contributed by atoms with E-state index in [-0.39, 0.29) is 5.60 Å². The van der Waals surface area contributed by atoms with Gasteiger partial charge in [-0.2, -0.15) is 0 Å². The normalized spacial score (nSPS) is 32.2. The fourth-order valence-electron chi connectivity index (χ4n) is 2.75. The summed E-state index contributed by atoms with van der Waals surface area (Å²) in [6, 6.07) is 0.718. The van der Waals surface area contributed by atoms with E-state index in [2.05, 4.69) is 25.9 Å². The van der Waals surface area contributed by atoms with E-state index in [1.807, 2.05) is 7.11 Å². The highest BCUT2D eigenvalue weighted by molar-refractivity contribution is 4.90. The molecule has 0 radical (unpaired) electrons. The molecule has 2 atom stereocenters. The van der Waals surface area contributed by atoms with Crippen molar-refractivity contribution in [1.82, 2.24) is 4.90 Å². The summed E-state index contributed by atoms with van der Waals surface area (Å²) in [5.41, 5.74) is 0.184. The number of nitrogens with zero attached hydrogens (tertiary/aromatic N) is 1. The third kappa shape index (κ3) is 3.46. The van der Waals surface area contributed by atoms with Crippen molar-refractivity contribution < 1.29 is 4.74 Å². The minimum atomic E-state index is 0.184. The van der Waals surface area contributed by atoms with Crippen LogP contribution >= 0.6 is 0 Å². The van der Waals surface area contributed by atoms with Gasteiger partial charge in [-0.3, -0.25) is 0 Å². The zero-order valence-electron chi connectivity index (χ0n) is 10.9. The summed E-state index contributed by atoms with van der Waals surface area (Å²) in [6.45, 7) is 2.26. The molecule has 0 aromatic carbocycles. The fraction of sp³-hybridized carbons (Fsp3) is 1.00. The maximum Gasteiger partial charge on any atom is 0.0693 e. The standard InChI is InChI=1S/C13H27NO/c1-5-6-9-13(15-4)10-7-8-12(11-13)14(2)3/h12H,5-11H2,1-4H3. The van der Waals surface area contributed by atoms with Gasteiger partial charge in [0.25, 0.3) is 0 Å². The highest BCUT2D eigenvalue weighted by Gasteiger charge is 2.36. The molecule has 0 aromatic heterocycles. The van der Waals surface area contributed by atoms with Crippen molar-refractivity contribution in [2.24, 2.45) is 0 Å². The van der Waals surface area contributed by atoms with Crippen molar-refractivity contribution in [1.29, 1.82) is 0 Å². The van der Waals surface area contributed by atoms with E-state index in [0.717, 1.165) is 6.04 Å². The van der Waals surface area contributed by atoms with E-state index in [9.17, 15) is 0 Å². The fourth-order valence-corrected chi connectivity index (χ4v) is 2.75. The lowest BCUT2D eigenvalue weighted by Gasteiger charge is -2.42. The number of hydrogen-bond donors (Lipinski definition) is 0. The molecule has 1 fully saturated rings. The van der Waals surface area contributed by atoms with Gasteiger partial charge in [0.1, 0.15) is 0 Å². The van der Waals surface area contributed by atoms with Crippen LogP contribution in [0.15, 0.2) is 0 Å². The Labute approximate surface area is 95.0 Å². The van der Waals surface area contributed by atoms with E-state index in [1.165, 1.54) is 44.9 Å². The molecule has 1 aliphatic carbocycles. The van der Waals surface area contributed by atoms with Crippen LogP contribution in [-0.4, -0.2) is 37.7 Å². The Morgan fingerprint density at radius 3 is 2.67 bits per heavy atom. The quantitative estimate of drug-likeness (QED) is 0.696. The lowest BCUT2D eigenvalue weighted by molar-refractivity contribution is -0.0657. The second kappa shape index (κ2) is 5.86. The van der Waals surface area contributed by atoms with Gasteiger partial charge in [0.05, 0.1) is 5.60 Å². The predicted molar refractivity (Wildman–Crippen MR) is 65.2 cm³/mol. The van der Waals surface area contributed by atoms with Crippen molar-refractivity contribution in [2.75, 3.05) is 21.2 Å². The first-order valence-corrected chi connectivity index (χ1v) is 6.35. The topological polar surface area (TPSA) is 12.5 Å². The lowest BCUT2D eigenvalue weighted by atomic mass is 9.78. The molecule has 0 bridgehead atoms. The van der Waals surface area contributed by atoms with E-state index >= 15 is 0 Å². The molecule has 0 aliphatic heterocycles. The minimum absolute atomic E-state index is 0.184. The van der Waals surface area contributed by atoms with Crippen molar-refractivity contribution in [3.63, 3.8) is 0 Å². The van der Waals surface area contributed by atoms with Crippen LogP contribution in [0.3, 0.4) is 0 Å². The highest BCUT2D eigenvalue weighted by Crippen LogP contribution is 2.36. The average molecular weight is 213 g/mol. The van der Waals surface area contributed by atoms with Gasteiger partial charge in [-0.15, -0.1) is 0 Å². The third-order valence-electron chi connectivity index (χ3n) is 3.93. The number of ether oxygens (including phenoxy) is 1. The summed E-state index contributed by atoms with van der Waals surface area (Å²) < 4.78 is 5.83. The van der Waals surface area contributed by atoms with Gasteiger partial charge in [0.2, 0.25) is 0 Å². The number of rotatable bonds is 5. The lowest BCUT2D eigenvalue weighted by Crippen LogP contribution is -2.44. The van der Waals surface area contributed by atoms with Crippen LogP contribution < -0.4 is 0 Å². The molecular weight excluding hydrogens is 186 g/mol. The van der Waals surface area contributed by atoms with E-state index in [1.54, 1.807) is 0 Å².